The number of hydrogen-bond donors (Lipinski definition) is 2. The average Bonchev–Trinajstić information content (AvgIpc) is 2.37. The lowest BCUT2D eigenvalue weighted by Crippen LogP contribution is -2.16. The van der Waals surface area contributed by atoms with Gasteiger partial charge in [-0.1, -0.05) is 25.5 Å². The maximum Gasteiger partial charge on any atom is 0.335 e. The number of benzene rings is 1. The maximum absolute atomic E-state index is 11.2. The van der Waals surface area contributed by atoms with Crippen LogP contribution >= 0.6 is 0 Å². The summed E-state index contributed by atoms with van der Waals surface area (Å²) in [6, 6.07) is 6.24. The van der Waals surface area contributed by atoms with Crippen LogP contribution in [0.2, 0.25) is 0 Å². The summed E-state index contributed by atoms with van der Waals surface area (Å²) in [6.45, 7) is 2.01. The summed E-state index contributed by atoms with van der Waals surface area (Å²) in [6.07, 6.45) is 3.75. The Morgan fingerprint density at radius 2 is 2.00 bits per heavy atom. The van der Waals surface area contributed by atoms with Crippen LogP contribution in [0.15, 0.2) is 29.4 Å². The molecule has 5 heteroatoms. The van der Waals surface area contributed by atoms with Gasteiger partial charge in [-0.2, -0.15) is 5.10 Å². The Kier molecular flexibility index (Phi) is 5.57. The molecule has 1 aromatic carbocycles. The number of carboxylic acids is 1. The van der Waals surface area contributed by atoms with Crippen molar-refractivity contribution >= 4 is 18.1 Å². The highest BCUT2D eigenvalue weighted by molar-refractivity contribution is 5.89. The Morgan fingerprint density at radius 3 is 2.56 bits per heavy atom. The molecule has 0 unspecified atom stereocenters. The summed E-state index contributed by atoms with van der Waals surface area (Å²) in [5.74, 6) is -1.08. The van der Waals surface area contributed by atoms with Crippen LogP contribution in [0.5, 0.6) is 0 Å². The number of hydrazone groups is 1. The second-order valence-electron chi connectivity index (χ2n) is 3.82. The first kappa shape index (κ1) is 13.9. The topological polar surface area (TPSA) is 78.8 Å². The standard InChI is InChI=1S/C13H16N2O3/c1-2-3-4-12(16)15-14-9-10-5-7-11(8-6-10)13(17)18/h5-9H,2-4H2,1H3,(H,15,16)(H,17,18). The molecule has 0 bridgehead atoms. The minimum absolute atomic E-state index is 0.116. The van der Waals surface area contributed by atoms with E-state index < -0.39 is 5.97 Å². The first-order valence-corrected chi connectivity index (χ1v) is 5.78. The van der Waals surface area contributed by atoms with Gasteiger partial charge >= 0.3 is 5.97 Å². The largest absolute Gasteiger partial charge is 0.478 e. The zero-order chi connectivity index (χ0) is 13.4. The van der Waals surface area contributed by atoms with Gasteiger partial charge in [-0.25, -0.2) is 10.2 Å². The van der Waals surface area contributed by atoms with Gasteiger partial charge in [0.1, 0.15) is 0 Å². The third kappa shape index (κ3) is 4.78. The Hall–Kier alpha value is -2.17. The maximum atomic E-state index is 11.2. The van der Waals surface area contributed by atoms with E-state index in [4.69, 9.17) is 5.11 Å². The van der Waals surface area contributed by atoms with Gasteiger partial charge in [-0.15, -0.1) is 0 Å². The first-order chi connectivity index (χ1) is 8.63. The summed E-state index contributed by atoms with van der Waals surface area (Å²) in [7, 11) is 0. The molecule has 0 atom stereocenters. The zero-order valence-corrected chi connectivity index (χ0v) is 10.2. The molecular weight excluding hydrogens is 232 g/mol. The van der Waals surface area contributed by atoms with Crippen LogP contribution in [0.25, 0.3) is 0 Å². The fourth-order valence-electron chi connectivity index (χ4n) is 1.28. The highest BCUT2D eigenvalue weighted by Crippen LogP contribution is 2.02. The summed E-state index contributed by atoms with van der Waals surface area (Å²) in [5.41, 5.74) is 3.37. The molecule has 0 aliphatic rings. The Balaban J connectivity index is 2.47. The average molecular weight is 248 g/mol. The Labute approximate surface area is 106 Å². The fraction of sp³-hybridized carbons (Fsp3) is 0.308. The molecule has 0 saturated heterocycles. The number of carboxylic acid groups (broad SMARTS) is 1. The van der Waals surface area contributed by atoms with Gasteiger partial charge in [0, 0.05) is 6.42 Å². The molecule has 0 aliphatic heterocycles. The molecule has 96 valence electrons. The van der Waals surface area contributed by atoms with Crippen LogP contribution in [0, 0.1) is 0 Å². The van der Waals surface area contributed by atoms with E-state index in [0.717, 1.165) is 18.4 Å². The van der Waals surface area contributed by atoms with E-state index in [9.17, 15) is 9.59 Å². The summed E-state index contributed by atoms with van der Waals surface area (Å²) in [4.78, 5) is 21.9. The highest BCUT2D eigenvalue weighted by Gasteiger charge is 2.00. The number of nitrogens with zero attached hydrogens (tertiary/aromatic N) is 1. The van der Waals surface area contributed by atoms with Gasteiger partial charge < -0.3 is 5.11 Å². The van der Waals surface area contributed by atoms with Crippen LogP contribution in [0.4, 0.5) is 0 Å². The number of unbranched alkanes of at least 4 members (excludes halogenated alkanes) is 1. The van der Waals surface area contributed by atoms with Gasteiger partial charge in [-0.3, -0.25) is 4.79 Å². The van der Waals surface area contributed by atoms with Gasteiger partial charge in [0.25, 0.3) is 0 Å². The van der Waals surface area contributed by atoms with E-state index in [1.807, 2.05) is 6.92 Å². The van der Waals surface area contributed by atoms with Gasteiger partial charge in [0.2, 0.25) is 5.91 Å². The SMILES string of the molecule is CCCCC(=O)NN=Cc1ccc(C(=O)O)cc1. The minimum Gasteiger partial charge on any atom is -0.478 e. The normalized spacial score (nSPS) is 10.5. The first-order valence-electron chi connectivity index (χ1n) is 5.78. The van der Waals surface area contributed by atoms with Crippen LogP contribution in [-0.4, -0.2) is 23.2 Å². The van der Waals surface area contributed by atoms with Gasteiger partial charge in [0.05, 0.1) is 11.8 Å². The predicted molar refractivity (Wildman–Crippen MR) is 68.7 cm³/mol. The molecule has 0 aromatic heterocycles. The van der Waals surface area contributed by atoms with E-state index in [-0.39, 0.29) is 11.5 Å². The van der Waals surface area contributed by atoms with Gasteiger partial charge in [-0.05, 0) is 24.1 Å². The number of rotatable bonds is 6. The molecule has 0 radical (unpaired) electrons. The number of hydrogen-bond acceptors (Lipinski definition) is 3. The van der Waals surface area contributed by atoms with Crippen molar-refractivity contribution in [2.24, 2.45) is 5.10 Å². The monoisotopic (exact) mass is 248 g/mol. The quantitative estimate of drug-likeness (QED) is 0.597. The minimum atomic E-state index is -0.966. The van der Waals surface area contributed by atoms with Crippen molar-refractivity contribution in [3.05, 3.63) is 35.4 Å². The zero-order valence-electron chi connectivity index (χ0n) is 10.2. The third-order valence-electron chi connectivity index (χ3n) is 2.32. The molecular formula is C13H16N2O3. The molecule has 0 spiro atoms. The molecule has 5 nitrogen and oxygen atoms in total. The molecule has 0 aliphatic carbocycles. The van der Waals surface area contributed by atoms with Crippen LogP contribution in [0.1, 0.15) is 42.1 Å². The molecule has 1 aromatic rings. The van der Waals surface area contributed by atoms with Crippen LogP contribution < -0.4 is 5.43 Å². The van der Waals surface area contributed by atoms with E-state index in [0.29, 0.717) is 6.42 Å². The number of carbonyl (C=O) groups excluding carboxylic acids is 1. The molecule has 1 amide bonds. The summed E-state index contributed by atoms with van der Waals surface area (Å²) >= 11 is 0. The lowest BCUT2D eigenvalue weighted by molar-refractivity contribution is -0.121. The highest BCUT2D eigenvalue weighted by atomic mass is 16.4. The molecule has 1 rings (SSSR count). The summed E-state index contributed by atoms with van der Waals surface area (Å²) in [5, 5.41) is 12.5. The van der Waals surface area contributed by atoms with E-state index in [1.165, 1.54) is 18.3 Å². The fourth-order valence-corrected chi connectivity index (χ4v) is 1.28. The molecule has 2 N–H and O–H groups in total. The lowest BCUT2D eigenvalue weighted by atomic mass is 10.1. The molecule has 0 saturated carbocycles. The summed E-state index contributed by atoms with van der Waals surface area (Å²) < 4.78 is 0. The number of nitrogens with one attached hydrogen (secondary N) is 1. The Morgan fingerprint density at radius 1 is 1.33 bits per heavy atom. The molecule has 0 heterocycles. The van der Waals surface area contributed by atoms with E-state index in [2.05, 4.69) is 10.5 Å². The van der Waals surface area contributed by atoms with Crippen molar-refractivity contribution in [2.75, 3.05) is 0 Å². The molecule has 18 heavy (non-hydrogen) atoms. The second kappa shape index (κ2) is 7.21. The van der Waals surface area contributed by atoms with E-state index >= 15 is 0 Å². The van der Waals surface area contributed by atoms with Crippen molar-refractivity contribution < 1.29 is 14.7 Å². The predicted octanol–water partition coefficient (Wildman–Crippen LogP) is 2.03. The van der Waals surface area contributed by atoms with Crippen molar-refractivity contribution in [1.29, 1.82) is 0 Å². The number of carbonyl (C=O) groups is 2. The van der Waals surface area contributed by atoms with Crippen LogP contribution in [0.3, 0.4) is 0 Å². The molecule has 0 fully saturated rings. The van der Waals surface area contributed by atoms with Crippen molar-refractivity contribution in [1.82, 2.24) is 5.43 Å². The lowest BCUT2D eigenvalue weighted by Gasteiger charge is -1.98. The number of amides is 1. The van der Waals surface area contributed by atoms with Crippen LogP contribution in [-0.2, 0) is 4.79 Å². The van der Waals surface area contributed by atoms with Crippen molar-refractivity contribution in [3.8, 4) is 0 Å². The number of aromatic carboxylic acids is 1. The van der Waals surface area contributed by atoms with E-state index in [1.54, 1.807) is 12.1 Å². The van der Waals surface area contributed by atoms with Gasteiger partial charge in [0.15, 0.2) is 0 Å². The second-order valence-corrected chi connectivity index (χ2v) is 3.82. The Bertz CT molecular complexity index is 438. The van der Waals surface area contributed by atoms with Crippen molar-refractivity contribution in [3.63, 3.8) is 0 Å². The third-order valence-corrected chi connectivity index (χ3v) is 2.32. The smallest absolute Gasteiger partial charge is 0.335 e. The van der Waals surface area contributed by atoms with Crippen molar-refractivity contribution in [2.45, 2.75) is 26.2 Å².